The summed E-state index contributed by atoms with van der Waals surface area (Å²) in [6.45, 7) is 8.04. The van der Waals surface area contributed by atoms with Crippen LogP contribution >= 0.6 is 0 Å². The van der Waals surface area contributed by atoms with Crippen LogP contribution in [0.3, 0.4) is 0 Å². The number of nitrogens with zero attached hydrogens (tertiary/aromatic N) is 3. The lowest BCUT2D eigenvalue weighted by Gasteiger charge is -2.29. The molecule has 5 aromatic rings. The number of hydrogen-bond acceptors (Lipinski definition) is 7. The summed E-state index contributed by atoms with van der Waals surface area (Å²) in [6, 6.07) is 16.9. The van der Waals surface area contributed by atoms with Crippen molar-refractivity contribution >= 4 is 45.8 Å². The molecular weight excluding hydrogens is 713 g/mol. The molecule has 1 saturated carbocycles. The maximum atomic E-state index is 13.7. The first-order chi connectivity index (χ1) is 26.9. The molecule has 2 aliphatic rings. The van der Waals surface area contributed by atoms with Crippen LogP contribution in [0.1, 0.15) is 83.4 Å². The van der Waals surface area contributed by atoms with Crippen LogP contribution in [0, 0.1) is 11.8 Å². The number of rotatable bonds is 11. The van der Waals surface area contributed by atoms with Gasteiger partial charge in [0.15, 0.2) is 0 Å². The highest BCUT2D eigenvalue weighted by atomic mass is 16.5. The fraction of sp³-hybridized carbons (Fsp3) is 0.429. The van der Waals surface area contributed by atoms with Gasteiger partial charge in [0.1, 0.15) is 23.7 Å². The second kappa shape index (κ2) is 16.0. The Bertz CT molecular complexity index is 2240. The third-order valence-corrected chi connectivity index (χ3v) is 11.3. The first kappa shape index (κ1) is 38.4. The molecule has 0 bridgehead atoms. The largest absolute Gasteiger partial charge is 0.465 e. The topological polar surface area (TPSA) is 194 Å². The predicted molar refractivity (Wildman–Crippen MR) is 213 cm³/mol. The van der Waals surface area contributed by atoms with Crippen molar-refractivity contribution < 1.29 is 29.0 Å². The zero-order chi connectivity index (χ0) is 39.7. The predicted octanol–water partition coefficient (Wildman–Crippen LogP) is 6.86. The second-order valence-electron chi connectivity index (χ2n) is 15.6. The Morgan fingerprint density at radius 2 is 1.57 bits per heavy atom. The quantitative estimate of drug-likeness (QED) is 0.0840. The minimum Gasteiger partial charge on any atom is -0.465 e. The van der Waals surface area contributed by atoms with Crippen molar-refractivity contribution in [1.82, 2.24) is 40.8 Å². The van der Waals surface area contributed by atoms with Crippen LogP contribution in [0.15, 0.2) is 60.8 Å². The average Bonchev–Trinajstić information content (AvgIpc) is 4.01. The number of carbonyl (C=O) groups is 4. The van der Waals surface area contributed by atoms with Crippen molar-refractivity contribution in [1.29, 1.82) is 0 Å². The zero-order valence-electron chi connectivity index (χ0n) is 32.4. The molecule has 6 N–H and O–H groups in total. The van der Waals surface area contributed by atoms with Crippen LogP contribution in [-0.2, 0) is 14.3 Å². The summed E-state index contributed by atoms with van der Waals surface area (Å²) in [5, 5.41) is 19.4. The molecule has 14 heteroatoms. The number of carboxylic acid groups (broad SMARTS) is 1. The molecule has 2 fully saturated rings. The van der Waals surface area contributed by atoms with Crippen LogP contribution in [0.5, 0.6) is 0 Å². The molecule has 2 aromatic heterocycles. The van der Waals surface area contributed by atoms with Gasteiger partial charge in [-0.1, -0.05) is 76.6 Å². The van der Waals surface area contributed by atoms with Crippen molar-refractivity contribution in [2.45, 2.75) is 89.9 Å². The smallest absolute Gasteiger partial charge is 0.407 e. The summed E-state index contributed by atoms with van der Waals surface area (Å²) >= 11 is 0. The van der Waals surface area contributed by atoms with E-state index in [1.165, 1.54) is 7.11 Å². The van der Waals surface area contributed by atoms with E-state index >= 15 is 0 Å². The standard InChI is InChI=1S/C42H50N8O6/c1-22(2)34(48-41(53)54)39(51)46-30-9-6-8-29(30)37-43-21-32(45-37)25-13-11-24(12-14-25)26-15-17-28-27(20-26)16-18-31-36(28)47-38(44-31)33-10-7-19-50(33)40(52)35(23(3)4)49-42(55)56-5/h11-18,20-23,29-30,33-35,48H,6-10,19H2,1-5H3,(H,43,45)(H,44,47)(H,46,51)(H,49,55)(H,53,54)/t29-,30-,33+,34+,35+/m1/s1. The first-order valence-corrected chi connectivity index (χ1v) is 19.4. The van der Waals surface area contributed by atoms with E-state index in [1.807, 2.05) is 44.9 Å². The number of H-pyrrole nitrogens is 2. The van der Waals surface area contributed by atoms with Crippen LogP contribution < -0.4 is 16.0 Å². The van der Waals surface area contributed by atoms with E-state index in [1.54, 1.807) is 0 Å². The summed E-state index contributed by atoms with van der Waals surface area (Å²) in [4.78, 5) is 68.4. The minimum atomic E-state index is -1.22. The Labute approximate surface area is 325 Å². The minimum absolute atomic E-state index is 0.00629. The summed E-state index contributed by atoms with van der Waals surface area (Å²) in [5.41, 5.74) is 5.76. The molecule has 5 atom stereocenters. The van der Waals surface area contributed by atoms with Crippen molar-refractivity contribution in [2.24, 2.45) is 11.8 Å². The van der Waals surface area contributed by atoms with E-state index in [0.29, 0.717) is 6.54 Å². The number of aromatic nitrogens is 4. The van der Waals surface area contributed by atoms with Crippen LogP contribution in [-0.4, -0.2) is 85.7 Å². The molecule has 14 nitrogen and oxygen atoms in total. The van der Waals surface area contributed by atoms with Crippen LogP contribution in [0.4, 0.5) is 9.59 Å². The number of amides is 4. The SMILES string of the molecule is COC(=O)N[C@H](C(=O)N1CCC[C@H]1c1nc2ccc3cc(-c4ccc(-c5cnc([C@@H]6CCC[C@H]6NC(=O)[C@@H](NC(=O)O)C(C)C)[nH]5)cc4)ccc3c2[nH]1)C(C)C. The fourth-order valence-corrected chi connectivity index (χ4v) is 8.27. The number of methoxy groups -OCH3 is 1. The lowest BCUT2D eigenvalue weighted by atomic mass is 9.99. The van der Waals surface area contributed by atoms with Gasteiger partial charge in [0, 0.05) is 23.9 Å². The lowest BCUT2D eigenvalue weighted by Crippen LogP contribution is -2.52. The second-order valence-corrected chi connectivity index (χ2v) is 15.6. The Kier molecular flexibility index (Phi) is 11.0. The molecule has 56 heavy (non-hydrogen) atoms. The van der Waals surface area contributed by atoms with Crippen LogP contribution in [0.25, 0.3) is 44.2 Å². The van der Waals surface area contributed by atoms with Gasteiger partial charge < -0.3 is 40.7 Å². The van der Waals surface area contributed by atoms with Crippen molar-refractivity contribution in [3.63, 3.8) is 0 Å². The Hall–Kier alpha value is -5.92. The summed E-state index contributed by atoms with van der Waals surface area (Å²) in [7, 11) is 1.29. The number of likely N-dealkylation sites (tertiary alicyclic amines) is 1. The van der Waals surface area contributed by atoms with Gasteiger partial charge in [-0.05, 0) is 71.7 Å². The number of hydrogen-bond donors (Lipinski definition) is 6. The third kappa shape index (κ3) is 7.77. The number of carbonyl (C=O) groups excluding carboxylic acids is 3. The highest BCUT2D eigenvalue weighted by molar-refractivity contribution is 6.05. The molecule has 3 aromatic carbocycles. The summed E-state index contributed by atoms with van der Waals surface area (Å²) in [6.07, 6.45) is 4.22. The van der Waals surface area contributed by atoms with Crippen LogP contribution in [0.2, 0.25) is 0 Å². The zero-order valence-corrected chi connectivity index (χ0v) is 32.4. The van der Waals surface area contributed by atoms with Gasteiger partial charge >= 0.3 is 12.2 Å². The first-order valence-electron chi connectivity index (χ1n) is 19.4. The monoisotopic (exact) mass is 762 g/mol. The van der Waals surface area contributed by atoms with E-state index in [4.69, 9.17) is 14.7 Å². The number of benzene rings is 3. The van der Waals surface area contributed by atoms with Crippen molar-refractivity contribution in [3.8, 4) is 22.4 Å². The normalized spacial score (nSPS) is 19.4. The Morgan fingerprint density at radius 3 is 2.29 bits per heavy atom. The highest BCUT2D eigenvalue weighted by Gasteiger charge is 2.38. The van der Waals surface area contributed by atoms with E-state index in [-0.39, 0.29) is 41.7 Å². The lowest BCUT2D eigenvalue weighted by molar-refractivity contribution is -0.135. The van der Waals surface area contributed by atoms with Gasteiger partial charge in [-0.3, -0.25) is 9.59 Å². The highest BCUT2D eigenvalue weighted by Crippen LogP contribution is 2.37. The van der Waals surface area contributed by atoms with Crippen molar-refractivity contribution in [3.05, 3.63) is 72.4 Å². The molecule has 1 saturated heterocycles. The van der Waals surface area contributed by atoms with E-state index in [0.717, 1.165) is 87.9 Å². The molecule has 0 radical (unpaired) electrons. The Balaban J connectivity index is 1.05. The third-order valence-electron chi connectivity index (χ3n) is 11.3. The van der Waals surface area contributed by atoms with Gasteiger partial charge in [0.2, 0.25) is 11.8 Å². The number of fused-ring (bicyclic) bond motifs is 3. The molecule has 3 heterocycles. The summed E-state index contributed by atoms with van der Waals surface area (Å²) < 4.78 is 4.78. The van der Waals surface area contributed by atoms with Gasteiger partial charge in [0.25, 0.3) is 0 Å². The number of alkyl carbamates (subject to hydrolysis) is 1. The van der Waals surface area contributed by atoms with Gasteiger partial charge in [-0.15, -0.1) is 0 Å². The number of nitrogens with one attached hydrogen (secondary N) is 5. The number of aromatic amines is 2. The number of imidazole rings is 2. The average molecular weight is 763 g/mol. The van der Waals surface area contributed by atoms with Gasteiger partial charge in [-0.2, -0.15) is 0 Å². The van der Waals surface area contributed by atoms with Crippen molar-refractivity contribution in [2.75, 3.05) is 13.7 Å². The van der Waals surface area contributed by atoms with Gasteiger partial charge in [0.05, 0.1) is 36.1 Å². The molecule has 0 spiro atoms. The molecule has 0 unspecified atom stereocenters. The fourth-order valence-electron chi connectivity index (χ4n) is 8.27. The molecule has 1 aliphatic carbocycles. The maximum Gasteiger partial charge on any atom is 0.407 e. The summed E-state index contributed by atoms with van der Waals surface area (Å²) in [5.74, 6) is 0.803. The molecular formula is C42H50N8O6. The molecule has 1 aliphatic heterocycles. The van der Waals surface area contributed by atoms with E-state index in [9.17, 15) is 24.3 Å². The van der Waals surface area contributed by atoms with E-state index < -0.39 is 24.3 Å². The maximum absolute atomic E-state index is 13.7. The van der Waals surface area contributed by atoms with Gasteiger partial charge in [-0.25, -0.2) is 19.6 Å². The number of ether oxygens (including phenoxy) is 1. The molecule has 294 valence electrons. The van der Waals surface area contributed by atoms with E-state index in [2.05, 4.69) is 74.4 Å². The Morgan fingerprint density at radius 1 is 0.839 bits per heavy atom. The molecule has 7 rings (SSSR count). The molecule has 4 amide bonds.